The van der Waals surface area contributed by atoms with E-state index in [0.717, 1.165) is 11.1 Å². The average molecular weight is 499 g/mol. The number of hydrogen-bond acceptors (Lipinski definition) is 7. The number of aryl methyl sites for hydroxylation is 2. The van der Waals surface area contributed by atoms with Gasteiger partial charge in [-0.3, -0.25) is 0 Å². The van der Waals surface area contributed by atoms with Crippen molar-refractivity contribution in [3.05, 3.63) is 86.8 Å². The molecule has 0 amide bonds. The number of aromatic carboxylic acids is 1. The van der Waals surface area contributed by atoms with Crippen LogP contribution in [0.2, 0.25) is 5.15 Å². The highest BCUT2D eigenvalue weighted by atomic mass is 35.5. The minimum Gasteiger partial charge on any atom is -0.476 e. The molecule has 4 aromatic rings. The third kappa shape index (κ3) is 4.30. The van der Waals surface area contributed by atoms with Crippen LogP contribution < -0.4 is 10.2 Å². The average Bonchev–Trinajstić information content (AvgIpc) is 3.26. The van der Waals surface area contributed by atoms with E-state index in [4.69, 9.17) is 16.6 Å². The van der Waals surface area contributed by atoms with Crippen molar-refractivity contribution in [2.75, 3.05) is 10.2 Å². The summed E-state index contributed by atoms with van der Waals surface area (Å²) in [5.74, 6) is -0.638. The molecule has 2 aromatic carbocycles. The maximum Gasteiger partial charge on any atom is 0.356 e. The fourth-order valence-corrected chi connectivity index (χ4v) is 4.80. The molecule has 1 aliphatic heterocycles. The number of hydrogen-bond donors (Lipinski definition) is 2. The summed E-state index contributed by atoms with van der Waals surface area (Å²) in [5.41, 5.74) is 7.14. The number of benzene rings is 2. The van der Waals surface area contributed by atoms with Crippen LogP contribution in [0.5, 0.6) is 0 Å². The Hall–Kier alpha value is -4.22. The highest BCUT2D eigenvalue weighted by Gasteiger charge is 2.25. The van der Waals surface area contributed by atoms with Crippen molar-refractivity contribution in [2.24, 2.45) is 0 Å². The van der Waals surface area contributed by atoms with E-state index < -0.39 is 5.97 Å². The van der Waals surface area contributed by atoms with Crippen molar-refractivity contribution in [3.63, 3.8) is 0 Å². The van der Waals surface area contributed by atoms with E-state index >= 15 is 0 Å². The summed E-state index contributed by atoms with van der Waals surface area (Å²) in [4.78, 5) is 27.4. The number of nitriles is 1. The van der Waals surface area contributed by atoms with Crippen LogP contribution >= 0.6 is 11.6 Å². The van der Waals surface area contributed by atoms with Crippen LogP contribution in [0.3, 0.4) is 0 Å². The van der Waals surface area contributed by atoms with Crippen LogP contribution in [-0.2, 0) is 13.1 Å². The van der Waals surface area contributed by atoms with Crippen molar-refractivity contribution in [3.8, 4) is 6.07 Å². The Morgan fingerprint density at radius 2 is 1.86 bits per heavy atom. The van der Waals surface area contributed by atoms with Crippen LogP contribution in [-0.4, -0.2) is 26.0 Å². The van der Waals surface area contributed by atoms with Gasteiger partial charge in [-0.15, -0.1) is 0 Å². The zero-order valence-corrected chi connectivity index (χ0v) is 20.8. The van der Waals surface area contributed by atoms with E-state index in [2.05, 4.69) is 51.4 Å². The van der Waals surface area contributed by atoms with Gasteiger partial charge in [0.1, 0.15) is 11.2 Å². The molecule has 2 aromatic heterocycles. The number of nitrogens with zero attached hydrogens (tertiary/aromatic N) is 5. The van der Waals surface area contributed by atoms with Crippen molar-refractivity contribution in [1.29, 1.82) is 5.26 Å². The van der Waals surface area contributed by atoms with E-state index in [1.807, 2.05) is 26.0 Å². The summed E-state index contributed by atoms with van der Waals surface area (Å²) in [6.45, 7) is 7.23. The number of carbonyl (C=O) groups is 1. The molecule has 3 heterocycles. The first kappa shape index (κ1) is 23.5. The fourth-order valence-electron chi connectivity index (χ4n) is 4.65. The third-order valence-corrected chi connectivity index (χ3v) is 6.53. The molecule has 8 nitrogen and oxygen atoms in total. The zero-order valence-electron chi connectivity index (χ0n) is 20.0. The molecule has 36 heavy (non-hydrogen) atoms. The number of aromatic nitrogens is 3. The Balaban J connectivity index is 1.58. The zero-order chi connectivity index (χ0) is 25.6. The first-order valence-corrected chi connectivity index (χ1v) is 11.8. The summed E-state index contributed by atoms with van der Waals surface area (Å²) in [6.07, 6.45) is 0. The van der Waals surface area contributed by atoms with Gasteiger partial charge < -0.3 is 15.3 Å². The summed E-state index contributed by atoms with van der Waals surface area (Å²) in [5, 5.41) is 22.8. The Morgan fingerprint density at radius 1 is 1.08 bits per heavy atom. The Kier molecular flexibility index (Phi) is 5.94. The first-order chi connectivity index (χ1) is 17.2. The molecule has 0 saturated carbocycles. The van der Waals surface area contributed by atoms with Crippen LogP contribution in [0.4, 0.5) is 11.5 Å². The van der Waals surface area contributed by atoms with Crippen LogP contribution in [0.25, 0.3) is 11.0 Å². The quantitative estimate of drug-likeness (QED) is 0.344. The van der Waals surface area contributed by atoms with E-state index in [9.17, 15) is 15.2 Å². The Labute approximate surface area is 213 Å². The monoisotopic (exact) mass is 498 g/mol. The van der Waals surface area contributed by atoms with Crippen LogP contribution in [0, 0.1) is 25.2 Å². The van der Waals surface area contributed by atoms with Crippen LogP contribution in [0.15, 0.2) is 42.5 Å². The van der Waals surface area contributed by atoms with Crippen molar-refractivity contribution >= 4 is 40.1 Å². The third-order valence-electron chi connectivity index (χ3n) is 6.32. The highest BCUT2D eigenvalue weighted by Crippen LogP contribution is 2.33. The van der Waals surface area contributed by atoms with Gasteiger partial charge in [0.15, 0.2) is 17.2 Å². The van der Waals surface area contributed by atoms with Gasteiger partial charge in [0.25, 0.3) is 0 Å². The molecule has 0 aliphatic carbocycles. The molecule has 0 saturated heterocycles. The maximum absolute atomic E-state index is 11.7. The summed E-state index contributed by atoms with van der Waals surface area (Å²) in [6, 6.07) is 15.3. The fraction of sp³-hybridized carbons (Fsp3) is 0.222. The van der Waals surface area contributed by atoms with Gasteiger partial charge in [-0.1, -0.05) is 41.4 Å². The standard InChI is InChI=1S/C27H23ClN6O2/c1-14-4-5-17-12-34(13-18(17)8-14)26-22(11-29)31-21-10-15(2)9-19(24(21)33-26)16(3)30-20-6-7-23(28)32-25(20)27(35)36/h4-10,16,30H,12-13H2,1-3H3,(H,35,36)/t16-/m1/s1. The predicted molar refractivity (Wildman–Crippen MR) is 138 cm³/mol. The topological polar surface area (TPSA) is 115 Å². The predicted octanol–water partition coefficient (Wildman–Crippen LogP) is 5.56. The normalized spacial score (nSPS) is 13.4. The molecular weight excluding hydrogens is 476 g/mol. The van der Waals surface area contributed by atoms with Gasteiger partial charge >= 0.3 is 5.97 Å². The Bertz CT molecular complexity index is 1580. The van der Waals surface area contributed by atoms with E-state index in [1.54, 1.807) is 12.1 Å². The largest absolute Gasteiger partial charge is 0.476 e. The second kappa shape index (κ2) is 9.10. The van der Waals surface area contributed by atoms with E-state index in [0.29, 0.717) is 35.6 Å². The molecule has 0 bridgehead atoms. The summed E-state index contributed by atoms with van der Waals surface area (Å²) >= 11 is 5.91. The SMILES string of the molecule is Cc1ccc2c(c1)CN(c1nc3c([C@@H](C)Nc4ccc(Cl)nc4C(=O)O)cc(C)cc3nc1C#N)C2. The molecule has 5 rings (SSSR count). The second-order valence-corrected chi connectivity index (χ2v) is 9.45. The highest BCUT2D eigenvalue weighted by molar-refractivity contribution is 6.29. The first-order valence-electron chi connectivity index (χ1n) is 11.5. The van der Waals surface area contributed by atoms with Crippen molar-refractivity contribution in [1.82, 2.24) is 15.0 Å². The molecule has 0 spiro atoms. The smallest absolute Gasteiger partial charge is 0.356 e. The number of halogens is 1. The molecule has 9 heteroatoms. The molecule has 180 valence electrons. The Morgan fingerprint density at radius 3 is 2.61 bits per heavy atom. The number of carboxylic acid groups (broad SMARTS) is 1. The lowest BCUT2D eigenvalue weighted by molar-refractivity contribution is 0.0691. The molecule has 0 radical (unpaired) electrons. The van der Waals surface area contributed by atoms with Gasteiger partial charge in [0, 0.05) is 18.7 Å². The van der Waals surface area contributed by atoms with E-state index in [1.165, 1.54) is 16.7 Å². The molecule has 0 fully saturated rings. The second-order valence-electron chi connectivity index (χ2n) is 9.06. The van der Waals surface area contributed by atoms with E-state index in [-0.39, 0.29) is 22.6 Å². The van der Waals surface area contributed by atoms with Crippen LogP contribution in [0.1, 0.15) is 57.0 Å². The molecular formula is C27H23ClN6O2. The number of nitrogens with one attached hydrogen (secondary N) is 1. The number of rotatable bonds is 5. The lowest BCUT2D eigenvalue weighted by Crippen LogP contribution is -2.19. The van der Waals surface area contributed by atoms with Crippen molar-refractivity contribution in [2.45, 2.75) is 39.9 Å². The minimum atomic E-state index is -1.18. The van der Waals surface area contributed by atoms with Gasteiger partial charge in [0.05, 0.1) is 22.8 Å². The molecule has 1 aliphatic rings. The molecule has 2 N–H and O–H groups in total. The summed E-state index contributed by atoms with van der Waals surface area (Å²) in [7, 11) is 0. The lowest BCUT2D eigenvalue weighted by Gasteiger charge is -2.21. The number of anilines is 2. The number of pyridine rings is 1. The van der Waals surface area contributed by atoms with Gasteiger partial charge in [-0.2, -0.15) is 5.26 Å². The molecule has 1 atom stereocenters. The number of carboxylic acids is 1. The van der Waals surface area contributed by atoms with Gasteiger partial charge in [-0.05, 0) is 55.7 Å². The van der Waals surface area contributed by atoms with Gasteiger partial charge in [-0.25, -0.2) is 19.7 Å². The minimum absolute atomic E-state index is 0.105. The lowest BCUT2D eigenvalue weighted by atomic mass is 10.0. The number of fused-ring (bicyclic) bond motifs is 2. The maximum atomic E-state index is 11.7. The van der Waals surface area contributed by atoms with Crippen molar-refractivity contribution < 1.29 is 9.90 Å². The van der Waals surface area contributed by atoms with Gasteiger partial charge in [0.2, 0.25) is 0 Å². The molecule has 0 unspecified atom stereocenters. The summed E-state index contributed by atoms with van der Waals surface area (Å²) < 4.78 is 0.